The third-order valence-electron chi connectivity index (χ3n) is 6.06. The summed E-state index contributed by atoms with van der Waals surface area (Å²) >= 11 is 6.28. The predicted octanol–water partition coefficient (Wildman–Crippen LogP) is 1.59. The van der Waals surface area contributed by atoms with E-state index in [1.807, 2.05) is 16.8 Å². The van der Waals surface area contributed by atoms with Crippen molar-refractivity contribution in [1.82, 2.24) is 19.0 Å². The average Bonchev–Trinajstić information content (AvgIpc) is 3.17. The highest BCUT2D eigenvalue weighted by molar-refractivity contribution is 7.88. The van der Waals surface area contributed by atoms with Crippen molar-refractivity contribution in [3.8, 4) is 23.1 Å². The van der Waals surface area contributed by atoms with Crippen LogP contribution >= 0.6 is 11.6 Å². The van der Waals surface area contributed by atoms with Gasteiger partial charge >= 0.3 is 0 Å². The first-order chi connectivity index (χ1) is 15.9. The highest BCUT2D eigenvalue weighted by atomic mass is 35.5. The zero-order valence-corrected chi connectivity index (χ0v) is 20.3. The summed E-state index contributed by atoms with van der Waals surface area (Å²) in [5.74, 6) is 5.51. The minimum absolute atomic E-state index is 0.253. The van der Waals surface area contributed by atoms with Gasteiger partial charge in [-0.3, -0.25) is 9.58 Å². The van der Waals surface area contributed by atoms with Gasteiger partial charge in [-0.2, -0.15) is 9.40 Å². The number of aliphatic hydroxyl groups excluding tert-OH is 1. The number of halogens is 1. The number of hydrogen-bond acceptors (Lipinski definition) is 6. The van der Waals surface area contributed by atoms with Gasteiger partial charge in [0.15, 0.2) is 0 Å². The lowest BCUT2D eigenvalue weighted by Gasteiger charge is -2.27. The summed E-state index contributed by atoms with van der Waals surface area (Å²) in [6.07, 6.45) is 2.82. The number of aliphatic hydroxyl groups is 1. The third kappa shape index (κ3) is 5.77. The largest absolute Gasteiger partial charge is 0.384 e. The Morgan fingerprint density at radius 2 is 2.00 bits per heavy atom. The summed E-state index contributed by atoms with van der Waals surface area (Å²) in [6.45, 7) is 5.70. The number of rotatable bonds is 6. The van der Waals surface area contributed by atoms with Crippen molar-refractivity contribution in [3.63, 3.8) is 0 Å². The highest BCUT2D eigenvalue weighted by Crippen LogP contribution is 2.33. The van der Waals surface area contributed by atoms with E-state index in [9.17, 15) is 8.42 Å². The van der Waals surface area contributed by atoms with E-state index in [1.165, 1.54) is 10.6 Å². The Hall–Kier alpha value is -1.93. The van der Waals surface area contributed by atoms with Crippen LogP contribution in [0.4, 0.5) is 0 Å². The standard InChI is InChI=1S/C23H29ClN4O4S/c1-33(30,31)27-10-7-22-20(17-27)23(19-5-6-21(24)18(16-19)4-2-13-29)25-28(22)9-3-8-26-11-14-32-15-12-26/h5-6,16,29H,3,7-15,17H2,1H3. The zero-order chi connectivity index (χ0) is 23.4. The fourth-order valence-electron chi connectivity index (χ4n) is 4.34. The van der Waals surface area contributed by atoms with E-state index in [1.54, 1.807) is 6.07 Å². The first-order valence-corrected chi connectivity index (χ1v) is 13.3. The van der Waals surface area contributed by atoms with Gasteiger partial charge in [0.05, 0.1) is 30.2 Å². The molecule has 10 heteroatoms. The molecule has 0 bridgehead atoms. The molecule has 1 saturated heterocycles. The molecule has 4 rings (SSSR count). The van der Waals surface area contributed by atoms with Crippen LogP contribution in [0.5, 0.6) is 0 Å². The van der Waals surface area contributed by atoms with Crippen LogP contribution in [0.25, 0.3) is 11.3 Å². The van der Waals surface area contributed by atoms with E-state index in [0.29, 0.717) is 30.1 Å². The van der Waals surface area contributed by atoms with Crippen molar-refractivity contribution in [1.29, 1.82) is 0 Å². The number of fused-ring (bicyclic) bond motifs is 1. The van der Waals surface area contributed by atoms with E-state index in [2.05, 4.69) is 16.7 Å². The summed E-state index contributed by atoms with van der Waals surface area (Å²) < 4.78 is 33.4. The van der Waals surface area contributed by atoms with Crippen molar-refractivity contribution in [2.24, 2.45) is 0 Å². The molecule has 0 spiro atoms. The van der Waals surface area contributed by atoms with Crippen molar-refractivity contribution < 1.29 is 18.3 Å². The summed E-state index contributed by atoms with van der Waals surface area (Å²) in [7, 11) is -3.31. The number of ether oxygens (including phenoxy) is 1. The molecule has 1 N–H and O–H groups in total. The van der Waals surface area contributed by atoms with Gasteiger partial charge in [0.1, 0.15) is 6.61 Å². The fourth-order valence-corrected chi connectivity index (χ4v) is 5.29. The second-order valence-electron chi connectivity index (χ2n) is 8.31. The molecule has 0 atom stereocenters. The molecule has 1 fully saturated rings. The molecule has 0 aliphatic carbocycles. The Labute approximate surface area is 200 Å². The normalized spacial score (nSPS) is 17.4. The number of aromatic nitrogens is 2. The Bertz CT molecular complexity index is 1160. The molecule has 178 valence electrons. The molecule has 0 unspecified atom stereocenters. The van der Waals surface area contributed by atoms with Crippen LogP contribution in [-0.4, -0.2) is 84.8 Å². The van der Waals surface area contributed by atoms with Crippen LogP contribution in [0.15, 0.2) is 18.2 Å². The molecule has 8 nitrogen and oxygen atoms in total. The lowest BCUT2D eigenvalue weighted by atomic mass is 10.0. The molecule has 2 aromatic rings. The SMILES string of the molecule is CS(=O)(=O)N1CCc2c(c(-c3ccc(Cl)c(C#CCO)c3)nn2CCCN2CCOCC2)C1. The lowest BCUT2D eigenvalue weighted by molar-refractivity contribution is 0.0368. The molecule has 0 amide bonds. The van der Waals surface area contributed by atoms with Crippen molar-refractivity contribution in [2.75, 3.05) is 52.3 Å². The fraction of sp³-hybridized carbons (Fsp3) is 0.522. The van der Waals surface area contributed by atoms with E-state index in [4.69, 9.17) is 26.5 Å². The van der Waals surface area contributed by atoms with Gasteiger partial charge in [-0.25, -0.2) is 8.42 Å². The maximum atomic E-state index is 12.2. The average molecular weight is 493 g/mol. The van der Waals surface area contributed by atoms with E-state index in [0.717, 1.165) is 68.3 Å². The second kappa shape index (κ2) is 10.6. The summed E-state index contributed by atoms with van der Waals surface area (Å²) in [6, 6.07) is 5.50. The number of morpholine rings is 1. The molecule has 0 radical (unpaired) electrons. The van der Waals surface area contributed by atoms with Crippen LogP contribution < -0.4 is 0 Å². The van der Waals surface area contributed by atoms with E-state index < -0.39 is 10.0 Å². The smallest absolute Gasteiger partial charge is 0.211 e. The molecule has 2 aliphatic heterocycles. The Kier molecular flexibility index (Phi) is 7.74. The van der Waals surface area contributed by atoms with E-state index >= 15 is 0 Å². The summed E-state index contributed by atoms with van der Waals surface area (Å²) in [5, 5.41) is 14.5. The monoisotopic (exact) mass is 492 g/mol. The van der Waals surface area contributed by atoms with Gasteiger partial charge in [0.2, 0.25) is 10.0 Å². The molecule has 1 aromatic heterocycles. The van der Waals surface area contributed by atoms with Gasteiger partial charge in [0, 0.05) is 68.1 Å². The molecule has 0 saturated carbocycles. The number of sulfonamides is 1. The van der Waals surface area contributed by atoms with E-state index in [-0.39, 0.29) is 6.61 Å². The maximum absolute atomic E-state index is 12.2. The predicted molar refractivity (Wildman–Crippen MR) is 127 cm³/mol. The van der Waals surface area contributed by atoms with Gasteiger partial charge in [0.25, 0.3) is 0 Å². The minimum atomic E-state index is -3.31. The van der Waals surface area contributed by atoms with Crippen molar-refractivity contribution >= 4 is 21.6 Å². The number of hydrogen-bond donors (Lipinski definition) is 1. The van der Waals surface area contributed by atoms with Crippen molar-refractivity contribution in [3.05, 3.63) is 40.0 Å². The Morgan fingerprint density at radius 3 is 2.73 bits per heavy atom. The summed E-state index contributed by atoms with van der Waals surface area (Å²) in [5.41, 5.74) is 4.22. The third-order valence-corrected chi connectivity index (χ3v) is 7.64. The number of benzene rings is 1. The molecular formula is C23H29ClN4O4S. The topological polar surface area (TPSA) is 87.9 Å². The van der Waals surface area contributed by atoms with Gasteiger partial charge < -0.3 is 9.84 Å². The molecule has 3 heterocycles. The molecule has 33 heavy (non-hydrogen) atoms. The van der Waals surface area contributed by atoms with Gasteiger partial charge in [-0.05, 0) is 18.6 Å². The Morgan fingerprint density at radius 1 is 1.21 bits per heavy atom. The molecule has 1 aromatic carbocycles. The molecular weight excluding hydrogens is 464 g/mol. The summed E-state index contributed by atoms with van der Waals surface area (Å²) in [4.78, 5) is 2.40. The lowest BCUT2D eigenvalue weighted by Crippen LogP contribution is -2.37. The van der Waals surface area contributed by atoms with Crippen LogP contribution in [0.1, 0.15) is 23.2 Å². The quantitative estimate of drug-likeness (QED) is 0.616. The van der Waals surface area contributed by atoms with Crippen molar-refractivity contribution in [2.45, 2.75) is 25.9 Å². The highest BCUT2D eigenvalue weighted by Gasteiger charge is 2.29. The number of nitrogens with zero attached hydrogens (tertiary/aromatic N) is 4. The Balaban J connectivity index is 1.64. The van der Waals surface area contributed by atoms with Crippen LogP contribution in [0.3, 0.4) is 0 Å². The van der Waals surface area contributed by atoms with Crippen LogP contribution in [0.2, 0.25) is 5.02 Å². The van der Waals surface area contributed by atoms with Gasteiger partial charge in [-0.1, -0.05) is 29.5 Å². The second-order valence-corrected chi connectivity index (χ2v) is 10.7. The van der Waals surface area contributed by atoms with Gasteiger partial charge in [-0.15, -0.1) is 0 Å². The first kappa shape index (κ1) is 24.2. The zero-order valence-electron chi connectivity index (χ0n) is 18.8. The minimum Gasteiger partial charge on any atom is -0.384 e. The molecule has 2 aliphatic rings. The first-order valence-electron chi connectivity index (χ1n) is 11.1. The maximum Gasteiger partial charge on any atom is 0.211 e. The van der Waals surface area contributed by atoms with Crippen LogP contribution in [0, 0.1) is 11.8 Å². The van der Waals surface area contributed by atoms with Crippen LogP contribution in [-0.2, 0) is 34.3 Å². The number of aryl methyl sites for hydroxylation is 1.